The van der Waals surface area contributed by atoms with Crippen molar-refractivity contribution < 1.29 is 4.79 Å². The lowest BCUT2D eigenvalue weighted by Crippen LogP contribution is -2.26. The molecule has 1 saturated heterocycles. The lowest BCUT2D eigenvalue weighted by atomic mass is 10.0. The van der Waals surface area contributed by atoms with Gasteiger partial charge in [-0.05, 0) is 24.7 Å². The number of carbonyl (C=O) groups is 1. The maximum atomic E-state index is 11.0. The molecule has 2 aliphatic rings. The van der Waals surface area contributed by atoms with Gasteiger partial charge in [-0.3, -0.25) is 4.79 Å². The van der Waals surface area contributed by atoms with Crippen molar-refractivity contribution >= 4 is 5.91 Å². The Morgan fingerprint density at radius 3 is 2.27 bits per heavy atom. The zero-order chi connectivity index (χ0) is 7.84. The summed E-state index contributed by atoms with van der Waals surface area (Å²) in [5, 5.41) is 0. The Morgan fingerprint density at radius 1 is 1.27 bits per heavy atom. The van der Waals surface area contributed by atoms with Gasteiger partial charge in [0.25, 0.3) is 0 Å². The van der Waals surface area contributed by atoms with Crippen molar-refractivity contribution in [1.82, 2.24) is 4.90 Å². The van der Waals surface area contributed by atoms with Crippen molar-refractivity contribution in [1.29, 1.82) is 0 Å². The van der Waals surface area contributed by atoms with E-state index in [0.29, 0.717) is 0 Å². The van der Waals surface area contributed by atoms with Gasteiger partial charge in [-0.2, -0.15) is 0 Å². The summed E-state index contributed by atoms with van der Waals surface area (Å²) in [4.78, 5) is 13.0. The number of hydrogen-bond acceptors (Lipinski definition) is 1. The zero-order valence-corrected chi connectivity index (χ0v) is 7.05. The van der Waals surface area contributed by atoms with E-state index in [1.165, 1.54) is 19.3 Å². The molecule has 2 fully saturated rings. The second-order valence-corrected chi connectivity index (χ2v) is 3.88. The highest BCUT2D eigenvalue weighted by Crippen LogP contribution is 2.37. The second kappa shape index (κ2) is 2.50. The minimum atomic E-state index is 0.263. The Balaban J connectivity index is 1.99. The molecule has 1 amide bonds. The number of hydrogen-bond donors (Lipinski definition) is 0. The molecule has 0 aromatic carbocycles. The third-order valence-corrected chi connectivity index (χ3v) is 3.17. The van der Waals surface area contributed by atoms with Gasteiger partial charge >= 0.3 is 0 Å². The van der Waals surface area contributed by atoms with E-state index in [2.05, 4.69) is 0 Å². The SMILES string of the molecule is CC(=O)N1CC2CCC[C@H]2C1. The predicted octanol–water partition coefficient (Wildman–Crippen LogP) is 1.26. The van der Waals surface area contributed by atoms with E-state index in [1.54, 1.807) is 6.92 Å². The lowest BCUT2D eigenvalue weighted by Gasteiger charge is -2.13. The molecule has 0 aromatic heterocycles. The molecule has 0 aromatic rings. The molecule has 1 aliphatic heterocycles. The zero-order valence-electron chi connectivity index (χ0n) is 7.05. The Kier molecular flexibility index (Phi) is 1.63. The number of likely N-dealkylation sites (tertiary alicyclic amines) is 1. The molecule has 11 heavy (non-hydrogen) atoms. The molecule has 2 rings (SSSR count). The topological polar surface area (TPSA) is 20.3 Å². The first-order valence-electron chi connectivity index (χ1n) is 4.53. The highest BCUT2D eigenvalue weighted by molar-refractivity contribution is 5.73. The van der Waals surface area contributed by atoms with Crippen molar-refractivity contribution in [3.8, 4) is 0 Å². The van der Waals surface area contributed by atoms with E-state index in [4.69, 9.17) is 0 Å². The number of fused-ring (bicyclic) bond motifs is 1. The summed E-state index contributed by atoms with van der Waals surface area (Å²) in [6, 6.07) is 0. The van der Waals surface area contributed by atoms with Crippen LogP contribution >= 0.6 is 0 Å². The fourth-order valence-corrected chi connectivity index (χ4v) is 2.49. The summed E-state index contributed by atoms with van der Waals surface area (Å²) < 4.78 is 0. The smallest absolute Gasteiger partial charge is 0.219 e. The second-order valence-electron chi connectivity index (χ2n) is 3.88. The highest BCUT2D eigenvalue weighted by atomic mass is 16.2. The van der Waals surface area contributed by atoms with E-state index in [0.717, 1.165) is 24.9 Å². The Morgan fingerprint density at radius 2 is 1.82 bits per heavy atom. The largest absolute Gasteiger partial charge is 0.342 e. The van der Waals surface area contributed by atoms with Crippen LogP contribution in [0.4, 0.5) is 0 Å². The van der Waals surface area contributed by atoms with Gasteiger partial charge in [0.2, 0.25) is 5.91 Å². The van der Waals surface area contributed by atoms with Crippen LogP contribution in [0.2, 0.25) is 0 Å². The number of amides is 1. The first-order chi connectivity index (χ1) is 5.27. The van der Waals surface area contributed by atoms with E-state index in [9.17, 15) is 4.79 Å². The van der Waals surface area contributed by atoms with E-state index < -0.39 is 0 Å². The summed E-state index contributed by atoms with van der Waals surface area (Å²) in [5.74, 6) is 1.96. The monoisotopic (exact) mass is 153 g/mol. The van der Waals surface area contributed by atoms with Gasteiger partial charge in [0, 0.05) is 20.0 Å². The maximum Gasteiger partial charge on any atom is 0.219 e. The molecule has 2 nitrogen and oxygen atoms in total. The van der Waals surface area contributed by atoms with E-state index in [1.807, 2.05) is 4.90 Å². The van der Waals surface area contributed by atoms with Crippen molar-refractivity contribution in [2.45, 2.75) is 26.2 Å². The van der Waals surface area contributed by atoms with Crippen molar-refractivity contribution in [3.05, 3.63) is 0 Å². The summed E-state index contributed by atoms with van der Waals surface area (Å²) in [6.45, 7) is 3.76. The summed E-state index contributed by atoms with van der Waals surface area (Å²) in [5.41, 5.74) is 0. The van der Waals surface area contributed by atoms with Crippen LogP contribution in [0.3, 0.4) is 0 Å². The quantitative estimate of drug-likeness (QED) is 0.513. The lowest BCUT2D eigenvalue weighted by molar-refractivity contribution is -0.128. The van der Waals surface area contributed by atoms with Gasteiger partial charge in [-0.15, -0.1) is 0 Å². The molecule has 0 spiro atoms. The van der Waals surface area contributed by atoms with Crippen LogP contribution in [0.5, 0.6) is 0 Å². The van der Waals surface area contributed by atoms with Crippen LogP contribution in [-0.4, -0.2) is 23.9 Å². The van der Waals surface area contributed by atoms with E-state index in [-0.39, 0.29) is 5.91 Å². The van der Waals surface area contributed by atoms with Crippen LogP contribution in [-0.2, 0) is 4.79 Å². The molecule has 1 saturated carbocycles. The average molecular weight is 153 g/mol. The van der Waals surface area contributed by atoms with Crippen molar-refractivity contribution in [2.24, 2.45) is 11.8 Å². The van der Waals surface area contributed by atoms with Crippen LogP contribution in [0.25, 0.3) is 0 Å². The van der Waals surface area contributed by atoms with E-state index >= 15 is 0 Å². The van der Waals surface area contributed by atoms with Crippen LogP contribution in [0, 0.1) is 11.8 Å². The van der Waals surface area contributed by atoms with Gasteiger partial charge in [0.15, 0.2) is 0 Å². The van der Waals surface area contributed by atoms with Gasteiger partial charge in [-0.25, -0.2) is 0 Å². The molecular weight excluding hydrogens is 138 g/mol. The van der Waals surface area contributed by atoms with Gasteiger partial charge < -0.3 is 4.90 Å². The molecule has 2 heteroatoms. The molecule has 1 aliphatic carbocycles. The number of rotatable bonds is 0. The standard InChI is InChI=1S/C9H15NO/c1-7(11)10-5-8-3-2-4-9(8)6-10/h8-9H,2-6H2,1H3/t8-,9?/m0/s1. The van der Waals surface area contributed by atoms with Gasteiger partial charge in [-0.1, -0.05) is 6.42 Å². The van der Waals surface area contributed by atoms with Gasteiger partial charge in [0.1, 0.15) is 0 Å². The van der Waals surface area contributed by atoms with Crippen molar-refractivity contribution in [2.75, 3.05) is 13.1 Å². The summed E-state index contributed by atoms with van der Waals surface area (Å²) in [6.07, 6.45) is 4.10. The predicted molar refractivity (Wildman–Crippen MR) is 43.1 cm³/mol. The molecule has 0 radical (unpaired) electrons. The van der Waals surface area contributed by atoms with Crippen LogP contribution < -0.4 is 0 Å². The summed E-state index contributed by atoms with van der Waals surface area (Å²) >= 11 is 0. The molecule has 0 bridgehead atoms. The minimum Gasteiger partial charge on any atom is -0.342 e. The van der Waals surface area contributed by atoms with Gasteiger partial charge in [0.05, 0.1) is 0 Å². The molecule has 0 N–H and O–H groups in total. The first-order valence-corrected chi connectivity index (χ1v) is 4.53. The third-order valence-electron chi connectivity index (χ3n) is 3.17. The molecule has 62 valence electrons. The number of carbonyl (C=O) groups excluding carboxylic acids is 1. The van der Waals surface area contributed by atoms with Crippen LogP contribution in [0.15, 0.2) is 0 Å². The Hall–Kier alpha value is -0.530. The molecule has 2 atom stereocenters. The fraction of sp³-hybridized carbons (Fsp3) is 0.889. The average Bonchev–Trinajstić information content (AvgIpc) is 2.40. The fourth-order valence-electron chi connectivity index (χ4n) is 2.49. The number of nitrogens with zero attached hydrogens (tertiary/aromatic N) is 1. The minimum absolute atomic E-state index is 0.263. The third kappa shape index (κ3) is 1.15. The molecule has 1 unspecified atom stereocenters. The molecule has 1 heterocycles. The maximum absolute atomic E-state index is 11.0. The normalized spacial score (nSPS) is 35.9. The Bertz CT molecular complexity index is 166. The summed E-state index contributed by atoms with van der Waals surface area (Å²) in [7, 11) is 0. The van der Waals surface area contributed by atoms with Crippen molar-refractivity contribution in [3.63, 3.8) is 0 Å². The van der Waals surface area contributed by atoms with Crippen LogP contribution in [0.1, 0.15) is 26.2 Å². The molecular formula is C9H15NO. The first kappa shape index (κ1) is 7.14. The highest BCUT2D eigenvalue weighted by Gasteiger charge is 2.36. The Labute approximate surface area is 67.6 Å².